The van der Waals surface area contributed by atoms with Gasteiger partial charge in [0.1, 0.15) is 5.75 Å². The minimum Gasteiger partial charge on any atom is -0.481 e. The van der Waals surface area contributed by atoms with E-state index in [4.69, 9.17) is 4.74 Å². The van der Waals surface area contributed by atoms with E-state index in [1.807, 2.05) is 6.07 Å². The molecule has 0 fully saturated rings. The minimum atomic E-state index is -4.75. The second-order valence-corrected chi connectivity index (χ2v) is 5.19. The van der Waals surface area contributed by atoms with Gasteiger partial charge in [0.25, 0.3) is 0 Å². The van der Waals surface area contributed by atoms with Crippen LogP contribution in [0.5, 0.6) is 11.6 Å². The van der Waals surface area contributed by atoms with Crippen LogP contribution < -0.4 is 9.47 Å². The molecule has 0 aliphatic heterocycles. The molecule has 128 valence electrons. The van der Waals surface area contributed by atoms with Crippen molar-refractivity contribution in [1.82, 2.24) is 4.98 Å². The van der Waals surface area contributed by atoms with Crippen LogP contribution in [-0.4, -0.2) is 18.5 Å². The summed E-state index contributed by atoms with van der Waals surface area (Å²) < 4.78 is 47.1. The number of para-hydroxylation sites is 1. The zero-order valence-electron chi connectivity index (χ0n) is 13.2. The Morgan fingerprint density at radius 2 is 1.56 bits per heavy atom. The number of nitrogens with zero attached hydrogens (tertiary/aromatic N) is 1. The smallest absolute Gasteiger partial charge is 0.481 e. The lowest BCUT2D eigenvalue weighted by Crippen LogP contribution is -2.17. The molecule has 3 nitrogen and oxygen atoms in total. The molecule has 0 amide bonds. The Bertz CT molecular complexity index is 878. The van der Waals surface area contributed by atoms with Gasteiger partial charge >= 0.3 is 6.36 Å². The summed E-state index contributed by atoms with van der Waals surface area (Å²) in [6, 6.07) is 18.4. The molecule has 6 heteroatoms. The van der Waals surface area contributed by atoms with E-state index in [0.717, 1.165) is 5.56 Å². The highest BCUT2D eigenvalue weighted by Gasteiger charge is 2.32. The number of ether oxygens (including phenoxy) is 2. The molecule has 0 aliphatic carbocycles. The Morgan fingerprint density at radius 3 is 2.32 bits per heavy atom. The van der Waals surface area contributed by atoms with Crippen molar-refractivity contribution in [1.29, 1.82) is 0 Å². The van der Waals surface area contributed by atoms with E-state index in [0.29, 0.717) is 22.7 Å². The summed E-state index contributed by atoms with van der Waals surface area (Å²) in [6.45, 7) is 0. The number of benzene rings is 2. The fourth-order valence-electron chi connectivity index (χ4n) is 2.45. The van der Waals surface area contributed by atoms with Gasteiger partial charge < -0.3 is 9.47 Å². The molecule has 0 atom stereocenters. The maximum Gasteiger partial charge on any atom is 0.573 e. The number of hydrogen-bond acceptors (Lipinski definition) is 3. The molecule has 0 bridgehead atoms. The molecule has 3 aromatic rings. The number of pyridine rings is 1. The van der Waals surface area contributed by atoms with Crippen LogP contribution in [0, 0.1) is 0 Å². The third-order valence-electron chi connectivity index (χ3n) is 3.51. The molecule has 0 spiro atoms. The first-order valence-corrected chi connectivity index (χ1v) is 7.43. The zero-order valence-corrected chi connectivity index (χ0v) is 13.2. The van der Waals surface area contributed by atoms with Crippen LogP contribution in [0.3, 0.4) is 0 Å². The molecular formula is C19H14F3NO2. The largest absolute Gasteiger partial charge is 0.573 e. The minimum absolute atomic E-state index is 0.245. The number of methoxy groups -OCH3 is 1. The lowest BCUT2D eigenvalue weighted by molar-refractivity contribution is -0.274. The molecule has 3 rings (SSSR count). The predicted molar refractivity (Wildman–Crippen MR) is 88.3 cm³/mol. The highest BCUT2D eigenvalue weighted by molar-refractivity contribution is 5.75. The topological polar surface area (TPSA) is 31.4 Å². The van der Waals surface area contributed by atoms with Gasteiger partial charge in [0, 0.05) is 17.2 Å². The summed E-state index contributed by atoms with van der Waals surface area (Å²) in [6.07, 6.45) is -4.75. The molecule has 0 saturated heterocycles. The maximum absolute atomic E-state index is 12.6. The van der Waals surface area contributed by atoms with Crippen LogP contribution in [0.4, 0.5) is 13.2 Å². The first kappa shape index (κ1) is 16.8. The average molecular weight is 345 g/mol. The molecule has 0 aliphatic rings. The highest BCUT2D eigenvalue weighted by Crippen LogP contribution is 2.35. The first-order valence-electron chi connectivity index (χ1n) is 7.43. The van der Waals surface area contributed by atoms with Crippen LogP contribution >= 0.6 is 0 Å². The monoisotopic (exact) mass is 345 g/mol. The van der Waals surface area contributed by atoms with Gasteiger partial charge in [-0.15, -0.1) is 13.2 Å². The molecule has 0 saturated carbocycles. The van der Waals surface area contributed by atoms with Crippen molar-refractivity contribution in [2.45, 2.75) is 6.36 Å². The molecule has 1 aromatic heterocycles. The maximum atomic E-state index is 12.6. The lowest BCUT2D eigenvalue weighted by atomic mass is 10.0. The first-order chi connectivity index (χ1) is 12.0. The van der Waals surface area contributed by atoms with Crippen molar-refractivity contribution < 1.29 is 22.6 Å². The second-order valence-electron chi connectivity index (χ2n) is 5.19. The summed E-state index contributed by atoms with van der Waals surface area (Å²) in [4.78, 5) is 4.34. The van der Waals surface area contributed by atoms with Crippen molar-refractivity contribution >= 4 is 0 Å². The van der Waals surface area contributed by atoms with Gasteiger partial charge in [-0.25, -0.2) is 4.98 Å². The van der Waals surface area contributed by atoms with Crippen LogP contribution in [0.15, 0.2) is 66.7 Å². The van der Waals surface area contributed by atoms with Gasteiger partial charge in [-0.2, -0.15) is 0 Å². The van der Waals surface area contributed by atoms with Crippen molar-refractivity contribution in [3.05, 3.63) is 66.7 Å². The average Bonchev–Trinajstić information content (AvgIpc) is 2.61. The Hall–Kier alpha value is -3.02. The van der Waals surface area contributed by atoms with Crippen LogP contribution in [0.2, 0.25) is 0 Å². The number of rotatable bonds is 4. The zero-order chi connectivity index (χ0) is 17.9. The summed E-state index contributed by atoms with van der Waals surface area (Å²) >= 11 is 0. The van der Waals surface area contributed by atoms with E-state index >= 15 is 0 Å². The highest BCUT2D eigenvalue weighted by atomic mass is 19.4. The van der Waals surface area contributed by atoms with Crippen molar-refractivity contribution in [3.63, 3.8) is 0 Å². The number of alkyl halides is 3. The molecule has 25 heavy (non-hydrogen) atoms. The van der Waals surface area contributed by atoms with Crippen LogP contribution in [0.25, 0.3) is 22.4 Å². The Labute approximate surface area is 142 Å². The molecule has 0 radical (unpaired) electrons. The molecule has 0 unspecified atom stereocenters. The molecule has 0 N–H and O–H groups in total. The fraction of sp³-hybridized carbons (Fsp3) is 0.105. The van der Waals surface area contributed by atoms with E-state index in [1.54, 1.807) is 48.5 Å². The van der Waals surface area contributed by atoms with E-state index in [9.17, 15) is 13.2 Å². The van der Waals surface area contributed by atoms with E-state index in [2.05, 4.69) is 9.72 Å². The Balaban J connectivity index is 2.03. The summed E-state index contributed by atoms with van der Waals surface area (Å²) in [7, 11) is 1.52. The van der Waals surface area contributed by atoms with Crippen molar-refractivity contribution in [2.75, 3.05) is 7.11 Å². The number of aromatic nitrogens is 1. The fourth-order valence-corrected chi connectivity index (χ4v) is 2.45. The van der Waals surface area contributed by atoms with Crippen molar-refractivity contribution in [2.24, 2.45) is 0 Å². The van der Waals surface area contributed by atoms with Gasteiger partial charge in [-0.05, 0) is 23.8 Å². The van der Waals surface area contributed by atoms with E-state index in [1.165, 1.54) is 19.2 Å². The molecule has 2 aromatic carbocycles. The Morgan fingerprint density at radius 1 is 0.840 bits per heavy atom. The quantitative estimate of drug-likeness (QED) is 0.641. The van der Waals surface area contributed by atoms with Crippen molar-refractivity contribution in [3.8, 4) is 34.0 Å². The van der Waals surface area contributed by atoms with Gasteiger partial charge in [0.15, 0.2) is 0 Å². The molecular weight excluding hydrogens is 331 g/mol. The standard InChI is InChI=1S/C19H14F3NO2/c1-24-18-11-5-9-16(23-18)14-7-4-6-13(12-14)15-8-2-3-10-17(15)25-19(20,21)22/h2-12H,1H3. The summed E-state index contributed by atoms with van der Waals surface area (Å²) in [5.74, 6) is 0.217. The normalized spacial score (nSPS) is 11.2. The van der Waals surface area contributed by atoms with Crippen LogP contribution in [-0.2, 0) is 0 Å². The predicted octanol–water partition coefficient (Wildman–Crippen LogP) is 5.32. The lowest BCUT2D eigenvalue weighted by Gasteiger charge is -2.14. The van der Waals surface area contributed by atoms with E-state index < -0.39 is 6.36 Å². The van der Waals surface area contributed by atoms with Gasteiger partial charge in [0.05, 0.1) is 12.8 Å². The second kappa shape index (κ2) is 6.84. The molecule has 1 heterocycles. The van der Waals surface area contributed by atoms with E-state index in [-0.39, 0.29) is 5.75 Å². The summed E-state index contributed by atoms with van der Waals surface area (Å²) in [5.41, 5.74) is 2.38. The Kier molecular flexibility index (Phi) is 4.61. The van der Waals surface area contributed by atoms with Gasteiger partial charge in [-0.1, -0.05) is 42.5 Å². The van der Waals surface area contributed by atoms with Crippen LogP contribution in [0.1, 0.15) is 0 Å². The summed E-state index contributed by atoms with van der Waals surface area (Å²) in [5, 5.41) is 0. The third kappa shape index (κ3) is 4.09. The van der Waals surface area contributed by atoms with Gasteiger partial charge in [-0.3, -0.25) is 0 Å². The number of hydrogen-bond donors (Lipinski definition) is 0. The number of halogens is 3. The SMILES string of the molecule is COc1cccc(-c2cccc(-c3ccccc3OC(F)(F)F)c2)n1. The third-order valence-corrected chi connectivity index (χ3v) is 3.51. The van der Waals surface area contributed by atoms with Gasteiger partial charge in [0.2, 0.25) is 5.88 Å².